The molecular formula is C54H94O6. The Morgan fingerprint density at radius 3 is 1.05 bits per heavy atom. The zero-order valence-corrected chi connectivity index (χ0v) is 39.5. The highest BCUT2D eigenvalue weighted by Gasteiger charge is 2.19. The first-order chi connectivity index (χ1) is 29.5. The lowest BCUT2D eigenvalue weighted by molar-refractivity contribution is -0.167. The highest BCUT2D eigenvalue weighted by Crippen LogP contribution is 2.14. The van der Waals surface area contributed by atoms with Gasteiger partial charge in [-0.1, -0.05) is 204 Å². The monoisotopic (exact) mass is 839 g/mol. The van der Waals surface area contributed by atoms with Crippen LogP contribution in [0.5, 0.6) is 0 Å². The van der Waals surface area contributed by atoms with Crippen LogP contribution >= 0.6 is 0 Å². The molecule has 0 fully saturated rings. The summed E-state index contributed by atoms with van der Waals surface area (Å²) in [6.07, 6.45) is 59.4. The summed E-state index contributed by atoms with van der Waals surface area (Å²) in [6.45, 7) is 6.44. The van der Waals surface area contributed by atoms with Gasteiger partial charge in [0.05, 0.1) is 0 Å². The predicted molar refractivity (Wildman–Crippen MR) is 256 cm³/mol. The van der Waals surface area contributed by atoms with Gasteiger partial charge in [0, 0.05) is 19.3 Å². The number of carbonyl (C=O) groups is 3. The van der Waals surface area contributed by atoms with Crippen molar-refractivity contribution < 1.29 is 28.6 Å². The molecule has 6 nitrogen and oxygen atoms in total. The van der Waals surface area contributed by atoms with Crippen LogP contribution in [-0.4, -0.2) is 37.2 Å². The molecule has 0 radical (unpaired) electrons. The van der Waals surface area contributed by atoms with Gasteiger partial charge in [0.2, 0.25) is 0 Å². The van der Waals surface area contributed by atoms with Crippen LogP contribution in [0.4, 0.5) is 0 Å². The molecule has 0 spiro atoms. The van der Waals surface area contributed by atoms with E-state index in [1.807, 2.05) is 0 Å². The quantitative estimate of drug-likeness (QED) is 0.0263. The van der Waals surface area contributed by atoms with E-state index in [2.05, 4.69) is 81.5 Å². The molecular weight excluding hydrogens is 745 g/mol. The summed E-state index contributed by atoms with van der Waals surface area (Å²) in [5.74, 6) is -0.899. The van der Waals surface area contributed by atoms with Crippen LogP contribution in [0.25, 0.3) is 0 Å². The Morgan fingerprint density at radius 1 is 0.350 bits per heavy atom. The number of hydrogen-bond donors (Lipinski definition) is 0. The third kappa shape index (κ3) is 46.2. The molecule has 6 heteroatoms. The van der Waals surface area contributed by atoms with Crippen molar-refractivity contribution in [2.75, 3.05) is 13.2 Å². The number of hydrogen-bond acceptors (Lipinski definition) is 6. The molecule has 0 heterocycles. The van der Waals surface area contributed by atoms with E-state index < -0.39 is 6.10 Å². The van der Waals surface area contributed by atoms with Crippen molar-refractivity contribution in [3.05, 3.63) is 60.8 Å². The van der Waals surface area contributed by atoms with E-state index in [4.69, 9.17) is 14.2 Å². The molecule has 0 rings (SSSR count). The topological polar surface area (TPSA) is 78.9 Å². The minimum Gasteiger partial charge on any atom is -0.462 e. The number of rotatable bonds is 45. The summed E-state index contributed by atoms with van der Waals surface area (Å²) >= 11 is 0. The van der Waals surface area contributed by atoms with E-state index in [0.29, 0.717) is 19.3 Å². The van der Waals surface area contributed by atoms with Crippen LogP contribution in [0.3, 0.4) is 0 Å². The van der Waals surface area contributed by atoms with E-state index in [9.17, 15) is 14.4 Å². The lowest BCUT2D eigenvalue weighted by atomic mass is 10.1. The molecule has 0 saturated heterocycles. The Hall–Kier alpha value is -2.89. The smallest absolute Gasteiger partial charge is 0.306 e. The number of esters is 3. The first kappa shape index (κ1) is 57.1. The fraction of sp³-hybridized carbons (Fsp3) is 0.759. The standard InChI is InChI=1S/C54H94O6/c1-4-7-10-13-16-18-20-22-23-24-25-26-27-28-29-30-31-33-34-36-38-41-44-47-53(56)59-50-51(49-58-52(55)46-43-40-15-12-9-6-3)60-54(57)48-45-42-39-37-35-32-21-19-17-14-11-8-5-2/h7,10,16,18-19,21-23,25-26,51H,4-6,8-9,11-15,17,20,24,27-50H2,1-3H3/b10-7-,18-16-,21-19-,23-22-,26-25-. The maximum absolute atomic E-state index is 12.7. The van der Waals surface area contributed by atoms with Gasteiger partial charge in [-0.2, -0.15) is 0 Å². The molecule has 60 heavy (non-hydrogen) atoms. The Kier molecular flexibility index (Phi) is 46.4. The largest absolute Gasteiger partial charge is 0.462 e. The van der Waals surface area contributed by atoms with E-state index in [1.165, 1.54) is 109 Å². The summed E-state index contributed by atoms with van der Waals surface area (Å²) in [5, 5.41) is 0. The van der Waals surface area contributed by atoms with Gasteiger partial charge in [0.25, 0.3) is 0 Å². The van der Waals surface area contributed by atoms with E-state index in [1.54, 1.807) is 0 Å². The molecule has 0 aromatic carbocycles. The van der Waals surface area contributed by atoms with Gasteiger partial charge in [-0.25, -0.2) is 0 Å². The van der Waals surface area contributed by atoms with Crippen molar-refractivity contribution in [2.24, 2.45) is 0 Å². The first-order valence-corrected chi connectivity index (χ1v) is 25.3. The van der Waals surface area contributed by atoms with Gasteiger partial charge in [-0.05, 0) is 83.5 Å². The molecule has 0 aliphatic rings. The normalized spacial score (nSPS) is 12.5. The van der Waals surface area contributed by atoms with Gasteiger partial charge in [-0.3, -0.25) is 14.4 Å². The zero-order valence-electron chi connectivity index (χ0n) is 39.5. The van der Waals surface area contributed by atoms with Crippen LogP contribution < -0.4 is 0 Å². The average Bonchev–Trinajstić information content (AvgIpc) is 3.24. The Morgan fingerprint density at radius 2 is 0.650 bits per heavy atom. The first-order valence-electron chi connectivity index (χ1n) is 25.3. The zero-order chi connectivity index (χ0) is 43.7. The highest BCUT2D eigenvalue weighted by atomic mass is 16.6. The van der Waals surface area contributed by atoms with Crippen molar-refractivity contribution in [2.45, 2.75) is 252 Å². The third-order valence-corrected chi connectivity index (χ3v) is 10.8. The Balaban J connectivity index is 4.16. The fourth-order valence-corrected chi connectivity index (χ4v) is 6.96. The van der Waals surface area contributed by atoms with Gasteiger partial charge < -0.3 is 14.2 Å². The van der Waals surface area contributed by atoms with E-state index in [0.717, 1.165) is 96.3 Å². The third-order valence-electron chi connectivity index (χ3n) is 10.8. The number of ether oxygens (including phenoxy) is 3. The van der Waals surface area contributed by atoms with Crippen molar-refractivity contribution in [3.8, 4) is 0 Å². The maximum Gasteiger partial charge on any atom is 0.306 e. The van der Waals surface area contributed by atoms with Gasteiger partial charge >= 0.3 is 17.9 Å². The molecule has 346 valence electrons. The second-order valence-corrected chi connectivity index (χ2v) is 16.7. The van der Waals surface area contributed by atoms with Crippen LogP contribution in [0.15, 0.2) is 60.8 Å². The summed E-state index contributed by atoms with van der Waals surface area (Å²) in [5.41, 5.74) is 0. The molecule has 0 aromatic heterocycles. The molecule has 0 bridgehead atoms. The van der Waals surface area contributed by atoms with Gasteiger partial charge in [-0.15, -0.1) is 0 Å². The summed E-state index contributed by atoms with van der Waals surface area (Å²) in [4.78, 5) is 37.7. The maximum atomic E-state index is 12.7. The van der Waals surface area contributed by atoms with Crippen molar-refractivity contribution in [1.82, 2.24) is 0 Å². The molecule has 0 saturated carbocycles. The van der Waals surface area contributed by atoms with Crippen LogP contribution in [-0.2, 0) is 28.6 Å². The molecule has 0 amide bonds. The van der Waals surface area contributed by atoms with Crippen molar-refractivity contribution in [1.29, 1.82) is 0 Å². The van der Waals surface area contributed by atoms with Gasteiger partial charge in [0.15, 0.2) is 6.10 Å². The van der Waals surface area contributed by atoms with Crippen LogP contribution in [0.1, 0.15) is 245 Å². The van der Waals surface area contributed by atoms with Crippen molar-refractivity contribution >= 4 is 17.9 Å². The Labute approximate surface area is 370 Å². The number of unbranched alkanes of at least 4 members (excludes halogenated alkanes) is 24. The van der Waals surface area contributed by atoms with Crippen LogP contribution in [0, 0.1) is 0 Å². The average molecular weight is 839 g/mol. The lowest BCUT2D eigenvalue weighted by Gasteiger charge is -2.18. The second kappa shape index (κ2) is 48.8. The fourth-order valence-electron chi connectivity index (χ4n) is 6.96. The number of carbonyl (C=O) groups excluding carboxylic acids is 3. The second-order valence-electron chi connectivity index (χ2n) is 16.7. The Bertz CT molecular complexity index is 1100. The SMILES string of the molecule is CC/C=C\C/C=C\C/C=C\C/C=C\CCCCCCCCCCCCC(=O)OCC(COC(=O)CCCCCCCC)OC(=O)CCCCCCC/C=C\CCCCCC. The van der Waals surface area contributed by atoms with Crippen LogP contribution in [0.2, 0.25) is 0 Å². The van der Waals surface area contributed by atoms with Gasteiger partial charge in [0.1, 0.15) is 13.2 Å². The minimum absolute atomic E-state index is 0.0783. The summed E-state index contributed by atoms with van der Waals surface area (Å²) in [6, 6.07) is 0. The molecule has 0 aliphatic carbocycles. The summed E-state index contributed by atoms with van der Waals surface area (Å²) < 4.78 is 16.7. The summed E-state index contributed by atoms with van der Waals surface area (Å²) in [7, 11) is 0. The molecule has 0 N–H and O–H groups in total. The molecule has 0 aliphatic heterocycles. The minimum atomic E-state index is -0.775. The highest BCUT2D eigenvalue weighted by molar-refractivity contribution is 5.71. The lowest BCUT2D eigenvalue weighted by Crippen LogP contribution is -2.30. The van der Waals surface area contributed by atoms with Crippen molar-refractivity contribution in [3.63, 3.8) is 0 Å². The molecule has 0 aromatic rings. The molecule has 1 atom stereocenters. The van der Waals surface area contributed by atoms with E-state index >= 15 is 0 Å². The van der Waals surface area contributed by atoms with E-state index in [-0.39, 0.29) is 31.1 Å². The molecule has 1 unspecified atom stereocenters. The predicted octanol–water partition coefficient (Wildman–Crippen LogP) is 16.5. The number of allylic oxidation sites excluding steroid dienone is 10.